The molecule has 106 valence electrons. The summed E-state index contributed by atoms with van der Waals surface area (Å²) in [4.78, 5) is 15.6. The quantitative estimate of drug-likeness (QED) is 0.854. The van der Waals surface area contributed by atoms with Crippen molar-refractivity contribution in [3.05, 3.63) is 35.5 Å². The van der Waals surface area contributed by atoms with Crippen molar-refractivity contribution in [1.29, 1.82) is 0 Å². The second kappa shape index (κ2) is 5.80. The molecule has 1 atom stereocenters. The van der Waals surface area contributed by atoms with Crippen molar-refractivity contribution in [2.45, 2.75) is 45.1 Å². The predicted octanol–water partition coefficient (Wildman–Crippen LogP) is 4.01. The van der Waals surface area contributed by atoms with Crippen LogP contribution in [0.15, 0.2) is 24.4 Å². The van der Waals surface area contributed by atoms with Gasteiger partial charge in [-0.15, -0.1) is 0 Å². The molecule has 3 rings (SSSR count). The number of hydrogen-bond acceptors (Lipinski definition) is 2. The summed E-state index contributed by atoms with van der Waals surface area (Å²) in [5.41, 5.74) is 3.06. The van der Waals surface area contributed by atoms with Gasteiger partial charge in [-0.2, -0.15) is 0 Å². The van der Waals surface area contributed by atoms with Crippen LogP contribution in [0.2, 0.25) is 0 Å². The molecular formula is C17H21NO2. The lowest BCUT2D eigenvalue weighted by Gasteiger charge is -2.22. The van der Waals surface area contributed by atoms with Gasteiger partial charge in [0, 0.05) is 35.7 Å². The first-order valence-corrected chi connectivity index (χ1v) is 7.46. The molecular weight excluding hydrogens is 250 g/mol. The van der Waals surface area contributed by atoms with E-state index in [1.54, 1.807) is 0 Å². The minimum atomic E-state index is 0.217. The number of aromatic nitrogens is 1. The van der Waals surface area contributed by atoms with Crippen molar-refractivity contribution in [2.24, 2.45) is 0 Å². The van der Waals surface area contributed by atoms with E-state index < -0.39 is 0 Å². The smallest absolute Gasteiger partial charge is 0.165 e. The second-order valence-electron chi connectivity index (χ2n) is 5.70. The molecule has 1 aromatic heterocycles. The van der Waals surface area contributed by atoms with Gasteiger partial charge in [0.25, 0.3) is 0 Å². The molecule has 0 amide bonds. The van der Waals surface area contributed by atoms with Crippen molar-refractivity contribution in [2.75, 3.05) is 6.61 Å². The highest BCUT2D eigenvalue weighted by Crippen LogP contribution is 2.23. The molecule has 1 aliphatic heterocycles. The number of fused-ring (bicyclic) bond motifs is 1. The lowest BCUT2D eigenvalue weighted by Crippen LogP contribution is -2.19. The summed E-state index contributed by atoms with van der Waals surface area (Å²) < 4.78 is 5.69. The summed E-state index contributed by atoms with van der Waals surface area (Å²) in [5.74, 6) is 0.217. The minimum Gasteiger partial charge on any atom is -0.378 e. The van der Waals surface area contributed by atoms with E-state index in [9.17, 15) is 4.79 Å². The van der Waals surface area contributed by atoms with Gasteiger partial charge >= 0.3 is 0 Å². The van der Waals surface area contributed by atoms with E-state index >= 15 is 0 Å². The van der Waals surface area contributed by atoms with Crippen molar-refractivity contribution in [3.63, 3.8) is 0 Å². The zero-order chi connectivity index (χ0) is 13.9. The molecule has 20 heavy (non-hydrogen) atoms. The fourth-order valence-electron chi connectivity index (χ4n) is 2.93. The number of aryl methyl sites for hydroxylation is 1. The standard InChI is InChI=1S/C17H21NO2/c1-12-5-7-14-15(11-18-16(14)10-12)17(19)8-6-13-4-2-3-9-20-13/h5,7,10-11,13,18H,2-4,6,8-9H2,1H3. The molecule has 0 aliphatic carbocycles. The number of hydrogen-bond donors (Lipinski definition) is 1. The van der Waals surface area contributed by atoms with Gasteiger partial charge < -0.3 is 9.72 Å². The highest BCUT2D eigenvalue weighted by molar-refractivity contribution is 6.07. The summed E-state index contributed by atoms with van der Waals surface area (Å²) in [6, 6.07) is 6.17. The van der Waals surface area contributed by atoms with Gasteiger partial charge in [0.1, 0.15) is 0 Å². The van der Waals surface area contributed by atoms with Crippen molar-refractivity contribution < 1.29 is 9.53 Å². The molecule has 1 N–H and O–H groups in total. The van der Waals surface area contributed by atoms with Crippen LogP contribution in [0.3, 0.4) is 0 Å². The van der Waals surface area contributed by atoms with E-state index in [0.717, 1.165) is 42.3 Å². The topological polar surface area (TPSA) is 42.1 Å². The van der Waals surface area contributed by atoms with Gasteiger partial charge in [0.15, 0.2) is 5.78 Å². The zero-order valence-electron chi connectivity index (χ0n) is 11.9. The van der Waals surface area contributed by atoms with E-state index in [1.807, 2.05) is 12.3 Å². The number of H-pyrrole nitrogens is 1. The third-order valence-corrected chi connectivity index (χ3v) is 4.11. The summed E-state index contributed by atoms with van der Waals surface area (Å²) in [7, 11) is 0. The molecule has 3 heteroatoms. The van der Waals surface area contributed by atoms with E-state index in [1.165, 1.54) is 12.0 Å². The third-order valence-electron chi connectivity index (χ3n) is 4.11. The van der Waals surface area contributed by atoms with Gasteiger partial charge in [-0.25, -0.2) is 0 Å². The Morgan fingerprint density at radius 2 is 2.30 bits per heavy atom. The number of ketones is 1. The summed E-state index contributed by atoms with van der Waals surface area (Å²) in [6.07, 6.45) is 7.02. The van der Waals surface area contributed by atoms with Crippen molar-refractivity contribution in [1.82, 2.24) is 4.98 Å². The molecule has 0 bridgehead atoms. The number of ether oxygens (including phenoxy) is 1. The first-order valence-electron chi connectivity index (χ1n) is 7.46. The Kier molecular flexibility index (Phi) is 3.88. The summed E-state index contributed by atoms with van der Waals surface area (Å²) in [5, 5.41) is 1.03. The maximum Gasteiger partial charge on any atom is 0.165 e. The Morgan fingerprint density at radius 1 is 1.40 bits per heavy atom. The SMILES string of the molecule is Cc1ccc2c(C(=O)CCC3CCCCO3)c[nH]c2c1. The van der Waals surface area contributed by atoms with Crippen LogP contribution in [0, 0.1) is 6.92 Å². The molecule has 1 fully saturated rings. The monoisotopic (exact) mass is 271 g/mol. The summed E-state index contributed by atoms with van der Waals surface area (Å²) in [6.45, 7) is 2.91. The van der Waals surface area contributed by atoms with Crippen LogP contribution in [0.1, 0.15) is 48.0 Å². The van der Waals surface area contributed by atoms with Crippen LogP contribution >= 0.6 is 0 Å². The molecule has 1 unspecified atom stereocenters. The molecule has 0 spiro atoms. The van der Waals surface area contributed by atoms with Gasteiger partial charge in [-0.05, 0) is 44.2 Å². The number of aromatic amines is 1. The molecule has 1 aromatic carbocycles. The normalized spacial score (nSPS) is 19.4. The number of benzene rings is 1. The van der Waals surface area contributed by atoms with Crippen LogP contribution in [-0.4, -0.2) is 23.5 Å². The highest BCUT2D eigenvalue weighted by atomic mass is 16.5. The maximum absolute atomic E-state index is 12.4. The number of carbonyl (C=O) groups excluding carboxylic acids is 1. The van der Waals surface area contributed by atoms with Crippen LogP contribution in [0.5, 0.6) is 0 Å². The van der Waals surface area contributed by atoms with Crippen molar-refractivity contribution in [3.8, 4) is 0 Å². The van der Waals surface area contributed by atoms with Gasteiger partial charge in [-0.1, -0.05) is 12.1 Å². The third kappa shape index (κ3) is 2.78. The maximum atomic E-state index is 12.4. The Hall–Kier alpha value is -1.61. The Balaban J connectivity index is 1.69. The summed E-state index contributed by atoms with van der Waals surface area (Å²) >= 11 is 0. The van der Waals surface area contributed by atoms with E-state index in [0.29, 0.717) is 6.42 Å². The van der Waals surface area contributed by atoms with E-state index in [4.69, 9.17) is 4.74 Å². The molecule has 0 saturated carbocycles. The lowest BCUT2D eigenvalue weighted by atomic mass is 10.00. The number of nitrogens with one attached hydrogen (secondary N) is 1. The fraction of sp³-hybridized carbons (Fsp3) is 0.471. The number of carbonyl (C=O) groups is 1. The lowest BCUT2D eigenvalue weighted by molar-refractivity contribution is 0.0104. The van der Waals surface area contributed by atoms with Crippen LogP contribution in [0.25, 0.3) is 10.9 Å². The van der Waals surface area contributed by atoms with Gasteiger partial charge in [-0.3, -0.25) is 4.79 Å². The van der Waals surface area contributed by atoms with E-state index in [-0.39, 0.29) is 11.9 Å². The van der Waals surface area contributed by atoms with Gasteiger partial charge in [0.05, 0.1) is 6.10 Å². The predicted molar refractivity (Wildman–Crippen MR) is 80.2 cm³/mol. The van der Waals surface area contributed by atoms with Crippen LogP contribution in [0.4, 0.5) is 0 Å². The average Bonchev–Trinajstić information content (AvgIpc) is 2.89. The number of Topliss-reactive ketones (excluding diaryl/α,β-unsaturated/α-hetero) is 1. The highest BCUT2D eigenvalue weighted by Gasteiger charge is 2.17. The molecule has 1 saturated heterocycles. The fourth-order valence-corrected chi connectivity index (χ4v) is 2.93. The first kappa shape index (κ1) is 13.4. The molecule has 0 radical (unpaired) electrons. The minimum absolute atomic E-state index is 0.217. The Morgan fingerprint density at radius 3 is 3.10 bits per heavy atom. The largest absolute Gasteiger partial charge is 0.378 e. The zero-order valence-corrected chi connectivity index (χ0v) is 11.9. The van der Waals surface area contributed by atoms with E-state index in [2.05, 4.69) is 24.0 Å². The van der Waals surface area contributed by atoms with Crippen LogP contribution < -0.4 is 0 Å². The van der Waals surface area contributed by atoms with Crippen LogP contribution in [-0.2, 0) is 4.74 Å². The first-order chi connectivity index (χ1) is 9.74. The number of rotatable bonds is 4. The van der Waals surface area contributed by atoms with Crippen molar-refractivity contribution >= 4 is 16.7 Å². The molecule has 2 heterocycles. The Labute approximate surface area is 119 Å². The molecule has 1 aliphatic rings. The Bertz CT molecular complexity index is 608. The molecule has 2 aromatic rings. The average molecular weight is 271 g/mol. The second-order valence-corrected chi connectivity index (χ2v) is 5.70. The van der Waals surface area contributed by atoms with Gasteiger partial charge in [0.2, 0.25) is 0 Å². The molecule has 3 nitrogen and oxygen atoms in total.